The molecule has 0 saturated carbocycles. The van der Waals surface area contributed by atoms with E-state index in [1.165, 1.54) is 55.6 Å². The summed E-state index contributed by atoms with van der Waals surface area (Å²) in [6, 6.07) is 63.4. The Kier molecular flexibility index (Phi) is 9.97. The van der Waals surface area contributed by atoms with Crippen LogP contribution in [0.25, 0.3) is 22.3 Å². The third-order valence-electron chi connectivity index (χ3n) is 11.5. The molecule has 2 aliphatic rings. The van der Waals surface area contributed by atoms with Gasteiger partial charge in [0.15, 0.2) is 0 Å². The van der Waals surface area contributed by atoms with E-state index in [1.54, 1.807) is 0 Å². The van der Waals surface area contributed by atoms with Gasteiger partial charge in [-0.3, -0.25) is 0 Å². The van der Waals surface area contributed by atoms with E-state index >= 15 is 0 Å². The average Bonchev–Trinajstić information content (AvgIpc) is 3.87. The molecule has 0 radical (unpaired) electrons. The Hall–Kier alpha value is -8.00. The second-order valence-corrected chi connectivity index (χ2v) is 15.3. The fraction of sp³-hybridized carbons (Fsp3) is 0.0667. The lowest BCUT2D eigenvalue weighted by molar-refractivity contribution is 0.922. The molecule has 0 amide bonds. The molecule has 0 N–H and O–H groups in total. The Morgan fingerprint density at radius 2 is 0.600 bits per heavy atom. The Labute approximate surface area is 353 Å². The van der Waals surface area contributed by atoms with Crippen molar-refractivity contribution in [3.05, 3.63) is 260 Å². The molecule has 0 saturated heterocycles. The van der Waals surface area contributed by atoms with Crippen molar-refractivity contribution in [1.82, 2.24) is 0 Å². The van der Waals surface area contributed by atoms with Gasteiger partial charge in [0.2, 0.25) is 0 Å². The first-order chi connectivity index (χ1) is 29.7. The van der Waals surface area contributed by atoms with Crippen LogP contribution in [0.5, 0.6) is 0 Å². The van der Waals surface area contributed by atoms with Crippen molar-refractivity contribution in [3.8, 4) is 69.6 Å². The molecule has 0 bridgehead atoms. The first-order valence-electron chi connectivity index (χ1n) is 20.6. The van der Waals surface area contributed by atoms with Crippen molar-refractivity contribution in [3.63, 3.8) is 0 Å². The summed E-state index contributed by atoms with van der Waals surface area (Å²) in [7, 11) is 0. The number of benzene rings is 8. The average molecular weight is 759 g/mol. The monoisotopic (exact) mass is 758 g/mol. The minimum absolute atomic E-state index is 0.844. The first-order valence-corrected chi connectivity index (χ1v) is 20.6. The fourth-order valence-electron chi connectivity index (χ4n) is 8.55. The summed E-state index contributed by atoms with van der Waals surface area (Å²) in [6.07, 6.45) is 3.40. The fourth-order valence-corrected chi connectivity index (χ4v) is 8.55. The first kappa shape index (κ1) is 36.3. The van der Waals surface area contributed by atoms with Crippen molar-refractivity contribution >= 4 is 0 Å². The third kappa shape index (κ3) is 7.68. The highest BCUT2D eigenvalue weighted by Gasteiger charge is 2.26. The predicted octanol–water partition coefficient (Wildman–Crippen LogP) is 12.2. The normalized spacial score (nSPS) is 11.1. The van der Waals surface area contributed by atoms with E-state index in [2.05, 4.69) is 157 Å². The van der Waals surface area contributed by atoms with Gasteiger partial charge >= 0.3 is 0 Å². The van der Waals surface area contributed by atoms with Gasteiger partial charge in [0, 0.05) is 44.5 Å². The van der Waals surface area contributed by atoms with Crippen LogP contribution in [0.1, 0.15) is 77.9 Å². The van der Waals surface area contributed by atoms with Gasteiger partial charge in [0.25, 0.3) is 0 Å². The van der Waals surface area contributed by atoms with Crippen LogP contribution in [0.3, 0.4) is 0 Å². The van der Waals surface area contributed by atoms with Gasteiger partial charge in [-0.15, -0.1) is 0 Å². The zero-order chi connectivity index (χ0) is 40.1. The van der Waals surface area contributed by atoms with Crippen LogP contribution < -0.4 is 0 Å². The SMILES string of the molecule is C(#Cc1ccc2c(c1)Cc1c-2ccc(C#Cc2ccccc2)c1CCc1c(C#Cc2ccccc2)ccc2c1Cc1cc(C#Cc3ccccc3)ccc1-2)c1ccccc1. The van der Waals surface area contributed by atoms with E-state index in [-0.39, 0.29) is 0 Å². The van der Waals surface area contributed by atoms with Crippen LogP contribution in [-0.4, -0.2) is 0 Å². The van der Waals surface area contributed by atoms with Crippen molar-refractivity contribution in [2.45, 2.75) is 25.7 Å². The van der Waals surface area contributed by atoms with E-state index in [4.69, 9.17) is 0 Å². The molecule has 0 unspecified atom stereocenters. The molecule has 0 aromatic heterocycles. The molecular weight excluding hydrogens is 721 g/mol. The Morgan fingerprint density at radius 3 is 0.967 bits per heavy atom. The second-order valence-electron chi connectivity index (χ2n) is 15.3. The minimum atomic E-state index is 0.844. The van der Waals surface area contributed by atoms with Gasteiger partial charge in [-0.05, 0) is 166 Å². The molecule has 0 heterocycles. The standard InChI is InChI=1S/C60H38/c1-5-13-43(14-6-1)21-23-47-27-33-55-51(39-47)41-59-53(49(31-35-57(55)59)29-25-45-17-9-3-10-18-45)37-38-54-50(30-26-46-19-11-4-12-20-46)32-36-58-56-34-28-48(40-52(56)42-60(54)58)24-22-44-15-7-2-8-16-44/h1-20,27-28,31-36,39-40H,37-38,41-42H2. The van der Waals surface area contributed by atoms with Crippen LogP contribution >= 0.6 is 0 Å². The van der Waals surface area contributed by atoms with E-state index in [9.17, 15) is 0 Å². The van der Waals surface area contributed by atoms with E-state index in [1.807, 2.05) is 72.8 Å². The molecule has 10 rings (SSSR count). The second kappa shape index (κ2) is 16.5. The van der Waals surface area contributed by atoms with Gasteiger partial charge < -0.3 is 0 Å². The molecule has 2 aliphatic carbocycles. The maximum absolute atomic E-state index is 3.62. The molecule has 8 aromatic carbocycles. The van der Waals surface area contributed by atoms with Crippen LogP contribution in [0.15, 0.2) is 182 Å². The summed E-state index contributed by atoms with van der Waals surface area (Å²) < 4.78 is 0. The zero-order valence-corrected chi connectivity index (χ0v) is 33.1. The van der Waals surface area contributed by atoms with E-state index < -0.39 is 0 Å². The van der Waals surface area contributed by atoms with Crippen LogP contribution in [0.4, 0.5) is 0 Å². The summed E-state index contributed by atoms with van der Waals surface area (Å²) >= 11 is 0. The number of rotatable bonds is 3. The highest BCUT2D eigenvalue weighted by Crippen LogP contribution is 2.43. The highest BCUT2D eigenvalue weighted by molar-refractivity contribution is 5.82. The molecule has 0 heteroatoms. The molecule has 60 heavy (non-hydrogen) atoms. The quantitative estimate of drug-likeness (QED) is 0.157. The summed E-state index contributed by atoms with van der Waals surface area (Å²) in [5, 5.41) is 0. The van der Waals surface area contributed by atoms with Crippen molar-refractivity contribution in [1.29, 1.82) is 0 Å². The van der Waals surface area contributed by atoms with E-state index in [0.29, 0.717) is 0 Å². The summed E-state index contributed by atoms with van der Waals surface area (Å²) in [5.41, 5.74) is 21.5. The lowest BCUT2D eigenvalue weighted by Gasteiger charge is -2.15. The zero-order valence-electron chi connectivity index (χ0n) is 33.1. The minimum Gasteiger partial charge on any atom is -0.0622 e. The molecule has 0 aliphatic heterocycles. The van der Waals surface area contributed by atoms with Crippen LogP contribution in [-0.2, 0) is 25.7 Å². The molecule has 0 nitrogen and oxygen atoms in total. The van der Waals surface area contributed by atoms with Gasteiger partial charge in [-0.1, -0.05) is 144 Å². The largest absolute Gasteiger partial charge is 0.0622 e. The van der Waals surface area contributed by atoms with Gasteiger partial charge in [0.05, 0.1) is 0 Å². The smallest absolute Gasteiger partial charge is 0.0284 e. The Bertz CT molecular complexity index is 2960. The lowest BCUT2D eigenvalue weighted by atomic mass is 9.88. The Morgan fingerprint density at radius 1 is 0.283 bits per heavy atom. The third-order valence-corrected chi connectivity index (χ3v) is 11.5. The van der Waals surface area contributed by atoms with Crippen LogP contribution in [0, 0.1) is 47.4 Å². The summed E-state index contributed by atoms with van der Waals surface area (Å²) in [4.78, 5) is 0. The Balaban J connectivity index is 1.03. The van der Waals surface area contributed by atoms with Gasteiger partial charge in [0.1, 0.15) is 0 Å². The van der Waals surface area contributed by atoms with Gasteiger partial charge in [-0.2, -0.15) is 0 Å². The number of hydrogen-bond donors (Lipinski definition) is 0. The highest BCUT2D eigenvalue weighted by atomic mass is 14.3. The number of fused-ring (bicyclic) bond motifs is 6. The maximum atomic E-state index is 3.62. The molecule has 278 valence electrons. The van der Waals surface area contributed by atoms with E-state index in [0.717, 1.165) is 70.2 Å². The van der Waals surface area contributed by atoms with Crippen molar-refractivity contribution in [2.24, 2.45) is 0 Å². The molecule has 0 atom stereocenters. The molecular formula is C60H38. The lowest BCUT2D eigenvalue weighted by Crippen LogP contribution is -2.04. The predicted molar refractivity (Wildman–Crippen MR) is 246 cm³/mol. The molecule has 0 spiro atoms. The van der Waals surface area contributed by atoms with Gasteiger partial charge in [-0.25, -0.2) is 0 Å². The molecule has 8 aromatic rings. The maximum Gasteiger partial charge on any atom is 0.0284 e. The van der Waals surface area contributed by atoms with Crippen LogP contribution in [0.2, 0.25) is 0 Å². The van der Waals surface area contributed by atoms with Crippen molar-refractivity contribution in [2.75, 3.05) is 0 Å². The molecule has 0 fully saturated rings. The van der Waals surface area contributed by atoms with Crippen molar-refractivity contribution < 1.29 is 0 Å². The summed E-state index contributed by atoms with van der Waals surface area (Å²) in [5.74, 6) is 27.7. The topological polar surface area (TPSA) is 0 Å². The number of hydrogen-bond acceptors (Lipinski definition) is 0. The summed E-state index contributed by atoms with van der Waals surface area (Å²) in [6.45, 7) is 0.